The number of epoxide rings is 1. The van der Waals surface area contributed by atoms with Crippen molar-refractivity contribution in [2.24, 2.45) is 0 Å². The van der Waals surface area contributed by atoms with Crippen LogP contribution < -0.4 is 0 Å². The van der Waals surface area contributed by atoms with Gasteiger partial charge in [-0.15, -0.1) is 11.8 Å². The van der Waals surface area contributed by atoms with Gasteiger partial charge in [-0.1, -0.05) is 0 Å². The second-order valence-electron chi connectivity index (χ2n) is 2.57. The van der Waals surface area contributed by atoms with Crippen molar-refractivity contribution >= 4 is 11.8 Å². The molecule has 2 saturated heterocycles. The second kappa shape index (κ2) is 2.37. The maximum Gasteiger partial charge on any atom is 0.131 e. The van der Waals surface area contributed by atoms with Crippen LogP contribution >= 0.6 is 11.8 Å². The molecule has 4 atom stereocenters. The summed E-state index contributed by atoms with van der Waals surface area (Å²) in [5, 5.41) is 9.23. The monoisotopic (exact) mass is 162 g/mol. The third-order valence-electron chi connectivity index (χ3n) is 1.87. The van der Waals surface area contributed by atoms with E-state index in [0.29, 0.717) is 0 Å². The van der Waals surface area contributed by atoms with Gasteiger partial charge in [0.25, 0.3) is 0 Å². The van der Waals surface area contributed by atoms with Gasteiger partial charge < -0.3 is 14.6 Å². The smallest absolute Gasteiger partial charge is 0.131 e. The van der Waals surface area contributed by atoms with Crippen LogP contribution in [0.15, 0.2) is 0 Å². The van der Waals surface area contributed by atoms with Gasteiger partial charge in [0.1, 0.15) is 17.6 Å². The molecule has 2 fully saturated rings. The van der Waals surface area contributed by atoms with Crippen LogP contribution in [0.1, 0.15) is 0 Å². The van der Waals surface area contributed by atoms with Gasteiger partial charge in [-0.3, -0.25) is 0 Å². The minimum absolute atomic E-state index is 0.0613. The number of ether oxygens (including phenoxy) is 2. The highest BCUT2D eigenvalue weighted by Crippen LogP contribution is 2.40. The molecule has 0 saturated carbocycles. The summed E-state index contributed by atoms with van der Waals surface area (Å²) in [5.74, 6) is 0.736. The first kappa shape index (κ1) is 6.91. The Labute approximate surface area is 63.7 Å². The van der Waals surface area contributed by atoms with Gasteiger partial charge in [0.2, 0.25) is 0 Å². The first-order valence-corrected chi connectivity index (χ1v) is 4.35. The molecule has 58 valence electrons. The maximum atomic E-state index is 9.23. The van der Waals surface area contributed by atoms with Crippen molar-refractivity contribution in [3.63, 3.8) is 0 Å². The summed E-state index contributed by atoms with van der Waals surface area (Å²) in [7, 11) is 1.67. The lowest BCUT2D eigenvalue weighted by atomic mass is 10.2. The van der Waals surface area contributed by atoms with Gasteiger partial charge in [0.05, 0.1) is 6.10 Å². The molecule has 0 bridgehead atoms. The van der Waals surface area contributed by atoms with E-state index in [2.05, 4.69) is 0 Å². The molecular formula is C6H10O3S. The molecule has 0 radical (unpaired) electrons. The average molecular weight is 162 g/mol. The van der Waals surface area contributed by atoms with Crippen LogP contribution in [0.4, 0.5) is 0 Å². The van der Waals surface area contributed by atoms with E-state index in [1.165, 1.54) is 0 Å². The van der Waals surface area contributed by atoms with Crippen molar-refractivity contribution in [2.75, 3.05) is 12.9 Å². The summed E-state index contributed by atoms with van der Waals surface area (Å²) in [4.78, 5) is 0. The fraction of sp³-hybridized carbons (Fsp3) is 1.00. The van der Waals surface area contributed by atoms with E-state index < -0.39 is 0 Å². The molecule has 2 aliphatic heterocycles. The standard InChI is InChI=1S/C6H10O3S/c1-8-6-5-4(9-5)3(7)2-10-6/h3-7H,2H2,1H3. The molecule has 0 amide bonds. The van der Waals surface area contributed by atoms with Crippen molar-refractivity contribution in [3.8, 4) is 0 Å². The Balaban J connectivity index is 1.95. The van der Waals surface area contributed by atoms with E-state index in [9.17, 15) is 5.11 Å². The number of hydrogen-bond donors (Lipinski definition) is 1. The molecule has 2 rings (SSSR count). The van der Waals surface area contributed by atoms with E-state index >= 15 is 0 Å². The minimum atomic E-state index is -0.276. The van der Waals surface area contributed by atoms with Gasteiger partial charge in [0, 0.05) is 12.9 Å². The Kier molecular flexibility index (Phi) is 1.64. The molecule has 2 aliphatic rings. The van der Waals surface area contributed by atoms with Crippen molar-refractivity contribution in [3.05, 3.63) is 0 Å². The fourth-order valence-corrected chi connectivity index (χ4v) is 2.37. The third-order valence-corrected chi connectivity index (χ3v) is 3.20. The molecule has 0 aromatic rings. The zero-order valence-electron chi connectivity index (χ0n) is 5.69. The highest BCUT2D eigenvalue weighted by molar-refractivity contribution is 7.99. The number of fused-ring (bicyclic) bond motifs is 1. The molecule has 0 spiro atoms. The highest BCUT2D eigenvalue weighted by atomic mass is 32.2. The van der Waals surface area contributed by atoms with Gasteiger partial charge in [-0.2, -0.15) is 0 Å². The number of hydrogen-bond acceptors (Lipinski definition) is 4. The van der Waals surface area contributed by atoms with Crippen LogP contribution in [0.25, 0.3) is 0 Å². The van der Waals surface area contributed by atoms with Gasteiger partial charge in [-0.25, -0.2) is 0 Å². The van der Waals surface area contributed by atoms with E-state index in [1.54, 1.807) is 18.9 Å². The maximum absolute atomic E-state index is 9.23. The summed E-state index contributed by atoms with van der Waals surface area (Å²) in [6.45, 7) is 0. The number of thioether (sulfide) groups is 1. The zero-order valence-corrected chi connectivity index (χ0v) is 6.50. The summed E-state index contributed by atoms with van der Waals surface area (Å²) in [6, 6.07) is 0. The van der Waals surface area contributed by atoms with E-state index in [1.807, 2.05) is 0 Å². The summed E-state index contributed by atoms with van der Waals surface area (Å²) in [6.07, 6.45) is -0.0636. The summed E-state index contributed by atoms with van der Waals surface area (Å²) in [5.41, 5.74) is 0.147. The SMILES string of the molecule is COC1SCC(O)C2OC12. The van der Waals surface area contributed by atoms with Crippen LogP contribution in [0.5, 0.6) is 0 Å². The Hall–Kier alpha value is 0.230. The average Bonchev–Trinajstić information content (AvgIpc) is 2.68. The summed E-state index contributed by atoms with van der Waals surface area (Å²) < 4.78 is 10.3. The lowest BCUT2D eigenvalue weighted by molar-refractivity contribution is 0.142. The molecule has 4 unspecified atom stereocenters. The lowest BCUT2D eigenvalue weighted by Crippen LogP contribution is -2.31. The van der Waals surface area contributed by atoms with Gasteiger partial charge in [0.15, 0.2) is 0 Å². The Bertz CT molecular complexity index is 141. The Morgan fingerprint density at radius 2 is 2.40 bits per heavy atom. The molecule has 0 aliphatic carbocycles. The first-order valence-electron chi connectivity index (χ1n) is 3.31. The predicted molar refractivity (Wildman–Crippen MR) is 37.9 cm³/mol. The van der Waals surface area contributed by atoms with Gasteiger partial charge in [-0.05, 0) is 0 Å². The van der Waals surface area contributed by atoms with Crippen LogP contribution in [-0.2, 0) is 9.47 Å². The summed E-state index contributed by atoms with van der Waals surface area (Å²) >= 11 is 1.62. The molecule has 0 aromatic heterocycles. The van der Waals surface area contributed by atoms with Crippen LogP contribution in [0, 0.1) is 0 Å². The Morgan fingerprint density at radius 3 is 3.10 bits per heavy atom. The van der Waals surface area contributed by atoms with Crippen molar-refractivity contribution in [1.29, 1.82) is 0 Å². The molecule has 4 heteroatoms. The number of rotatable bonds is 1. The predicted octanol–water partition coefficient (Wildman–Crippen LogP) is -0.166. The van der Waals surface area contributed by atoms with E-state index in [0.717, 1.165) is 5.75 Å². The zero-order chi connectivity index (χ0) is 7.14. The van der Waals surface area contributed by atoms with Crippen LogP contribution in [-0.4, -0.2) is 41.7 Å². The number of methoxy groups -OCH3 is 1. The van der Waals surface area contributed by atoms with Crippen molar-refractivity contribution in [2.45, 2.75) is 23.7 Å². The molecular weight excluding hydrogens is 152 g/mol. The Morgan fingerprint density at radius 1 is 1.60 bits per heavy atom. The fourth-order valence-electron chi connectivity index (χ4n) is 1.25. The number of aliphatic hydroxyl groups excluding tert-OH is 1. The van der Waals surface area contributed by atoms with Crippen LogP contribution in [0.3, 0.4) is 0 Å². The van der Waals surface area contributed by atoms with Crippen molar-refractivity contribution in [1.82, 2.24) is 0 Å². The quantitative estimate of drug-likeness (QED) is 0.544. The minimum Gasteiger partial charge on any atom is -0.389 e. The number of aliphatic hydroxyl groups is 1. The van der Waals surface area contributed by atoms with Crippen molar-refractivity contribution < 1.29 is 14.6 Å². The first-order chi connectivity index (χ1) is 4.83. The molecule has 3 nitrogen and oxygen atoms in total. The third kappa shape index (κ3) is 0.955. The molecule has 1 N–H and O–H groups in total. The largest absolute Gasteiger partial charge is 0.389 e. The van der Waals surface area contributed by atoms with E-state index in [-0.39, 0.29) is 23.7 Å². The molecule has 10 heavy (non-hydrogen) atoms. The molecule has 2 heterocycles. The highest BCUT2D eigenvalue weighted by Gasteiger charge is 2.53. The van der Waals surface area contributed by atoms with E-state index in [4.69, 9.17) is 9.47 Å². The molecule has 0 aromatic carbocycles. The second-order valence-corrected chi connectivity index (χ2v) is 3.70. The lowest BCUT2D eigenvalue weighted by Gasteiger charge is -2.19. The van der Waals surface area contributed by atoms with Gasteiger partial charge >= 0.3 is 0 Å². The topological polar surface area (TPSA) is 42.0 Å². The van der Waals surface area contributed by atoms with Crippen LogP contribution in [0.2, 0.25) is 0 Å². The normalized spacial score (nSPS) is 52.2.